The highest BCUT2D eigenvalue weighted by atomic mass is 16.5. The van der Waals surface area contributed by atoms with Crippen molar-refractivity contribution in [3.05, 3.63) is 45.5 Å². The Balaban J connectivity index is 1.57. The average molecular weight is 346 g/mol. The second-order valence-electron chi connectivity index (χ2n) is 6.36. The van der Waals surface area contributed by atoms with Gasteiger partial charge in [-0.2, -0.15) is 4.98 Å². The highest BCUT2D eigenvalue weighted by molar-refractivity contribution is 5.95. The second kappa shape index (κ2) is 7.60. The van der Waals surface area contributed by atoms with E-state index in [9.17, 15) is 9.59 Å². The fraction of sp³-hybridized carbons (Fsp3) is 0.529. The highest BCUT2D eigenvalue weighted by Gasteiger charge is 2.23. The minimum absolute atomic E-state index is 0.0424. The molecule has 1 saturated heterocycles. The Morgan fingerprint density at radius 1 is 1.44 bits per heavy atom. The largest absolute Gasteiger partial charge is 0.368 e. The van der Waals surface area contributed by atoms with Crippen molar-refractivity contribution < 1.29 is 14.1 Å². The SMILES string of the molecule is CC(C)c1[nH]c(=O)ccc1C(=O)NCCc1noc(C2CCCO2)n1. The van der Waals surface area contributed by atoms with E-state index in [4.69, 9.17) is 9.26 Å². The summed E-state index contributed by atoms with van der Waals surface area (Å²) < 4.78 is 10.7. The van der Waals surface area contributed by atoms with E-state index < -0.39 is 0 Å². The van der Waals surface area contributed by atoms with Gasteiger partial charge in [-0.15, -0.1) is 0 Å². The predicted octanol–water partition coefficient (Wildman–Crippen LogP) is 1.71. The monoisotopic (exact) mass is 346 g/mol. The molecule has 2 aromatic heterocycles. The number of aromatic nitrogens is 3. The normalized spacial score (nSPS) is 17.2. The Hall–Kier alpha value is -2.48. The van der Waals surface area contributed by atoms with Crippen molar-refractivity contribution in [1.82, 2.24) is 20.4 Å². The fourth-order valence-electron chi connectivity index (χ4n) is 2.80. The zero-order valence-electron chi connectivity index (χ0n) is 14.4. The van der Waals surface area contributed by atoms with Crippen LogP contribution >= 0.6 is 0 Å². The maximum atomic E-state index is 12.4. The number of H-pyrrole nitrogens is 1. The first-order chi connectivity index (χ1) is 12.0. The average Bonchev–Trinajstić information content (AvgIpc) is 3.25. The molecule has 25 heavy (non-hydrogen) atoms. The molecule has 2 aromatic rings. The van der Waals surface area contributed by atoms with Gasteiger partial charge < -0.3 is 19.6 Å². The van der Waals surface area contributed by atoms with E-state index in [0.717, 1.165) is 19.4 Å². The molecule has 1 amide bonds. The Morgan fingerprint density at radius 3 is 3.00 bits per heavy atom. The molecule has 1 aliphatic heterocycles. The fourth-order valence-corrected chi connectivity index (χ4v) is 2.80. The van der Waals surface area contributed by atoms with E-state index in [2.05, 4.69) is 20.4 Å². The standard InChI is InChI=1S/C17H22N4O4/c1-10(2)15-11(5-6-14(22)20-15)16(23)18-8-7-13-19-17(25-21-13)12-4-3-9-24-12/h5-6,10,12H,3-4,7-9H2,1-2H3,(H,18,23)(H,20,22). The number of rotatable bonds is 6. The number of amides is 1. The van der Waals surface area contributed by atoms with Gasteiger partial charge in [0.05, 0.1) is 5.56 Å². The molecule has 8 heteroatoms. The molecule has 1 aliphatic rings. The second-order valence-corrected chi connectivity index (χ2v) is 6.36. The van der Waals surface area contributed by atoms with Crippen LogP contribution in [0.4, 0.5) is 0 Å². The summed E-state index contributed by atoms with van der Waals surface area (Å²) in [5.41, 5.74) is 0.890. The number of aromatic amines is 1. The van der Waals surface area contributed by atoms with E-state index in [-0.39, 0.29) is 23.5 Å². The topological polar surface area (TPSA) is 110 Å². The summed E-state index contributed by atoms with van der Waals surface area (Å²) >= 11 is 0. The molecule has 0 aliphatic carbocycles. The molecule has 1 fully saturated rings. The van der Waals surface area contributed by atoms with Gasteiger partial charge >= 0.3 is 0 Å². The molecule has 3 rings (SSSR count). The number of carbonyl (C=O) groups is 1. The molecule has 134 valence electrons. The van der Waals surface area contributed by atoms with Crippen LogP contribution in [0.2, 0.25) is 0 Å². The van der Waals surface area contributed by atoms with Crippen molar-refractivity contribution in [3.63, 3.8) is 0 Å². The number of ether oxygens (including phenoxy) is 1. The predicted molar refractivity (Wildman–Crippen MR) is 89.4 cm³/mol. The molecule has 2 N–H and O–H groups in total. The molecule has 0 saturated carbocycles. The van der Waals surface area contributed by atoms with Crippen molar-refractivity contribution in [2.45, 2.75) is 45.1 Å². The summed E-state index contributed by atoms with van der Waals surface area (Å²) in [4.78, 5) is 30.9. The lowest BCUT2D eigenvalue weighted by atomic mass is 10.0. The van der Waals surface area contributed by atoms with Crippen LogP contribution in [-0.2, 0) is 11.2 Å². The van der Waals surface area contributed by atoms with Gasteiger partial charge in [0.1, 0.15) is 6.10 Å². The summed E-state index contributed by atoms with van der Waals surface area (Å²) in [6.07, 6.45) is 2.24. The molecule has 1 unspecified atom stereocenters. The number of nitrogens with zero attached hydrogens (tertiary/aromatic N) is 2. The van der Waals surface area contributed by atoms with Crippen LogP contribution in [0, 0.1) is 0 Å². The smallest absolute Gasteiger partial charge is 0.255 e. The zero-order chi connectivity index (χ0) is 17.8. The number of carbonyl (C=O) groups excluding carboxylic acids is 1. The van der Waals surface area contributed by atoms with Gasteiger partial charge in [0, 0.05) is 31.3 Å². The summed E-state index contributed by atoms with van der Waals surface area (Å²) in [6.45, 7) is 4.94. The first-order valence-electron chi connectivity index (χ1n) is 8.50. The molecular weight excluding hydrogens is 324 g/mol. The summed E-state index contributed by atoms with van der Waals surface area (Å²) in [5.74, 6) is 0.849. The minimum atomic E-state index is -0.234. The Labute approximate surface area is 145 Å². The van der Waals surface area contributed by atoms with Crippen molar-refractivity contribution in [1.29, 1.82) is 0 Å². The maximum Gasteiger partial charge on any atom is 0.255 e. The first kappa shape index (κ1) is 17.3. The van der Waals surface area contributed by atoms with E-state index >= 15 is 0 Å². The van der Waals surface area contributed by atoms with Gasteiger partial charge in [-0.25, -0.2) is 0 Å². The molecule has 0 aromatic carbocycles. The van der Waals surface area contributed by atoms with Crippen LogP contribution in [0.1, 0.15) is 66.5 Å². The maximum absolute atomic E-state index is 12.4. The van der Waals surface area contributed by atoms with Gasteiger partial charge in [-0.1, -0.05) is 19.0 Å². The van der Waals surface area contributed by atoms with Crippen molar-refractivity contribution >= 4 is 5.91 Å². The third-order valence-corrected chi connectivity index (χ3v) is 4.09. The van der Waals surface area contributed by atoms with Gasteiger partial charge in [0.2, 0.25) is 5.56 Å². The summed E-state index contributed by atoms with van der Waals surface area (Å²) in [7, 11) is 0. The summed E-state index contributed by atoms with van der Waals surface area (Å²) in [6, 6.07) is 2.90. The zero-order valence-corrected chi connectivity index (χ0v) is 14.4. The number of hydrogen-bond donors (Lipinski definition) is 2. The molecule has 0 bridgehead atoms. The van der Waals surface area contributed by atoms with E-state index in [1.807, 2.05) is 13.8 Å². The number of nitrogens with one attached hydrogen (secondary N) is 2. The van der Waals surface area contributed by atoms with Crippen LogP contribution < -0.4 is 10.9 Å². The molecule has 0 spiro atoms. The van der Waals surface area contributed by atoms with Gasteiger partial charge in [0.15, 0.2) is 5.82 Å². The quantitative estimate of drug-likeness (QED) is 0.824. The lowest BCUT2D eigenvalue weighted by Gasteiger charge is -2.11. The van der Waals surface area contributed by atoms with Crippen LogP contribution in [0.3, 0.4) is 0 Å². The third kappa shape index (κ3) is 4.14. The van der Waals surface area contributed by atoms with Gasteiger partial charge in [-0.05, 0) is 24.8 Å². The minimum Gasteiger partial charge on any atom is -0.368 e. The molecular formula is C17H22N4O4. The lowest BCUT2D eigenvalue weighted by Crippen LogP contribution is -2.28. The van der Waals surface area contributed by atoms with Crippen LogP contribution in [0.5, 0.6) is 0 Å². The van der Waals surface area contributed by atoms with Crippen molar-refractivity contribution in [2.24, 2.45) is 0 Å². The van der Waals surface area contributed by atoms with Crippen molar-refractivity contribution in [3.8, 4) is 0 Å². The van der Waals surface area contributed by atoms with Gasteiger partial charge in [-0.3, -0.25) is 9.59 Å². The molecule has 8 nitrogen and oxygen atoms in total. The number of hydrogen-bond acceptors (Lipinski definition) is 6. The van der Waals surface area contributed by atoms with Crippen LogP contribution in [0.25, 0.3) is 0 Å². The van der Waals surface area contributed by atoms with E-state index in [0.29, 0.717) is 35.9 Å². The Morgan fingerprint density at radius 2 is 2.28 bits per heavy atom. The van der Waals surface area contributed by atoms with Crippen LogP contribution in [-0.4, -0.2) is 34.2 Å². The Bertz CT molecular complexity index is 790. The van der Waals surface area contributed by atoms with Gasteiger partial charge in [0.25, 0.3) is 11.8 Å². The van der Waals surface area contributed by atoms with Crippen LogP contribution in [0.15, 0.2) is 21.5 Å². The third-order valence-electron chi connectivity index (χ3n) is 4.09. The summed E-state index contributed by atoms with van der Waals surface area (Å²) in [5, 5.41) is 6.75. The lowest BCUT2D eigenvalue weighted by molar-refractivity contribution is 0.0835. The number of pyridine rings is 1. The molecule has 3 heterocycles. The van der Waals surface area contributed by atoms with E-state index in [1.165, 1.54) is 6.07 Å². The van der Waals surface area contributed by atoms with Crippen molar-refractivity contribution in [2.75, 3.05) is 13.2 Å². The first-order valence-corrected chi connectivity index (χ1v) is 8.50. The van der Waals surface area contributed by atoms with E-state index in [1.54, 1.807) is 6.07 Å². The highest BCUT2D eigenvalue weighted by Crippen LogP contribution is 2.26. The Kier molecular flexibility index (Phi) is 5.28. The molecule has 1 atom stereocenters. The molecule has 0 radical (unpaired) electrons.